The summed E-state index contributed by atoms with van der Waals surface area (Å²) in [6.45, 7) is 1.92. The van der Waals surface area contributed by atoms with Crippen LogP contribution in [0.2, 0.25) is 0 Å². The molecule has 1 aromatic heterocycles. The number of hydrogen-bond acceptors (Lipinski definition) is 5. The molecule has 1 aliphatic heterocycles. The Hall–Kier alpha value is -2.54. The lowest BCUT2D eigenvalue weighted by Gasteiger charge is -2.21. The number of benzene rings is 1. The second-order valence-corrected chi connectivity index (χ2v) is 6.51. The molecule has 0 N–H and O–H groups in total. The van der Waals surface area contributed by atoms with E-state index < -0.39 is 10.3 Å². The van der Waals surface area contributed by atoms with Crippen LogP contribution in [0.1, 0.15) is 24.5 Å². The maximum atomic E-state index is 12.7. The Morgan fingerprint density at radius 2 is 1.96 bits per heavy atom. The molecule has 1 aliphatic rings. The minimum atomic E-state index is -0.822. The quantitative estimate of drug-likeness (QED) is 0.490. The molecule has 2 amide bonds. The monoisotopic (exact) mass is 330 g/mol. The van der Waals surface area contributed by atoms with E-state index >= 15 is 0 Å². The molecule has 1 fully saturated rings. The van der Waals surface area contributed by atoms with Crippen LogP contribution in [-0.2, 0) is 21.5 Å². The van der Waals surface area contributed by atoms with Crippen molar-refractivity contribution in [1.29, 1.82) is 0 Å². The molecule has 0 aliphatic carbocycles. The third kappa shape index (κ3) is 2.63. The molecule has 118 valence electrons. The molecular formula is C16H14N2O4S. The van der Waals surface area contributed by atoms with Gasteiger partial charge in [-0.15, -0.1) is 0 Å². The molecule has 23 heavy (non-hydrogen) atoms. The van der Waals surface area contributed by atoms with Gasteiger partial charge in [0, 0.05) is 18.6 Å². The Labute approximate surface area is 136 Å². The van der Waals surface area contributed by atoms with Gasteiger partial charge in [0.15, 0.2) is 0 Å². The fourth-order valence-electron chi connectivity index (χ4n) is 2.75. The van der Waals surface area contributed by atoms with Crippen LogP contribution >= 0.6 is 11.3 Å². The lowest BCUT2D eigenvalue weighted by molar-refractivity contribution is -0.384. The predicted octanol–water partition coefficient (Wildman–Crippen LogP) is 2.87. The first-order valence-electron chi connectivity index (χ1n) is 7.02. The molecule has 2 aromatic rings. The summed E-state index contributed by atoms with van der Waals surface area (Å²) < 4.78 is 0. The van der Waals surface area contributed by atoms with Gasteiger partial charge in [-0.25, -0.2) is 0 Å². The SMILES string of the molecule is C[C@@]1(c2ccsc2)CC(=O)N(Cc2ccc([N+](=O)[O-])cc2)C1=O. The van der Waals surface area contributed by atoms with Crippen LogP contribution in [0.15, 0.2) is 41.1 Å². The van der Waals surface area contributed by atoms with Crippen molar-refractivity contribution in [2.45, 2.75) is 25.3 Å². The summed E-state index contributed by atoms with van der Waals surface area (Å²) in [4.78, 5) is 36.4. The van der Waals surface area contributed by atoms with Crippen molar-refractivity contribution in [3.8, 4) is 0 Å². The van der Waals surface area contributed by atoms with Crippen molar-refractivity contribution < 1.29 is 14.5 Å². The van der Waals surface area contributed by atoms with Gasteiger partial charge in [0.1, 0.15) is 0 Å². The van der Waals surface area contributed by atoms with Crippen LogP contribution < -0.4 is 0 Å². The number of carbonyl (C=O) groups excluding carboxylic acids is 2. The Bertz CT molecular complexity index is 770. The summed E-state index contributed by atoms with van der Waals surface area (Å²) in [5.41, 5.74) is 0.701. The number of nitro groups is 1. The van der Waals surface area contributed by atoms with Crippen molar-refractivity contribution >= 4 is 28.8 Å². The number of rotatable bonds is 4. The number of amides is 2. The highest BCUT2D eigenvalue weighted by Gasteiger charge is 2.49. The van der Waals surface area contributed by atoms with Gasteiger partial charge < -0.3 is 0 Å². The van der Waals surface area contributed by atoms with Crippen LogP contribution in [0.5, 0.6) is 0 Å². The molecule has 0 unspecified atom stereocenters. The van der Waals surface area contributed by atoms with Gasteiger partial charge in [-0.3, -0.25) is 24.6 Å². The molecule has 1 atom stereocenters. The number of non-ortho nitro benzene ring substituents is 1. The Morgan fingerprint density at radius 1 is 1.26 bits per heavy atom. The molecule has 0 bridgehead atoms. The average Bonchev–Trinajstić information content (AvgIpc) is 3.12. The van der Waals surface area contributed by atoms with E-state index in [1.165, 1.54) is 28.4 Å². The molecule has 7 heteroatoms. The highest BCUT2D eigenvalue weighted by Crippen LogP contribution is 2.37. The number of nitrogens with zero attached hydrogens (tertiary/aromatic N) is 2. The number of carbonyl (C=O) groups is 2. The summed E-state index contributed by atoms with van der Waals surface area (Å²) in [5.74, 6) is -0.443. The lowest BCUT2D eigenvalue weighted by atomic mass is 9.83. The number of nitro benzene ring substituents is 1. The number of likely N-dealkylation sites (tertiary alicyclic amines) is 1. The van der Waals surface area contributed by atoms with Gasteiger partial charge in [0.2, 0.25) is 11.8 Å². The van der Waals surface area contributed by atoms with Crippen LogP contribution in [0.25, 0.3) is 0 Å². The third-order valence-electron chi connectivity index (χ3n) is 4.17. The van der Waals surface area contributed by atoms with Crippen molar-refractivity contribution in [2.24, 2.45) is 0 Å². The van der Waals surface area contributed by atoms with Crippen molar-refractivity contribution in [2.75, 3.05) is 0 Å². The second kappa shape index (κ2) is 5.58. The third-order valence-corrected chi connectivity index (χ3v) is 4.85. The first-order valence-corrected chi connectivity index (χ1v) is 7.97. The van der Waals surface area contributed by atoms with Gasteiger partial charge in [-0.1, -0.05) is 12.1 Å². The van der Waals surface area contributed by atoms with E-state index in [1.54, 1.807) is 19.1 Å². The summed E-state index contributed by atoms with van der Waals surface area (Å²) in [6.07, 6.45) is 0.148. The van der Waals surface area contributed by atoms with Gasteiger partial charge in [-0.05, 0) is 34.9 Å². The normalized spacial score (nSPS) is 21.0. The Kier molecular flexibility index (Phi) is 3.73. The Balaban J connectivity index is 1.82. The number of imide groups is 1. The zero-order valence-corrected chi connectivity index (χ0v) is 13.2. The van der Waals surface area contributed by atoms with Crippen molar-refractivity contribution in [3.63, 3.8) is 0 Å². The average molecular weight is 330 g/mol. The van der Waals surface area contributed by atoms with Crippen LogP contribution in [0.4, 0.5) is 5.69 Å². The zero-order chi connectivity index (χ0) is 16.6. The number of hydrogen-bond donors (Lipinski definition) is 0. The Morgan fingerprint density at radius 3 is 2.52 bits per heavy atom. The molecule has 0 radical (unpaired) electrons. The summed E-state index contributed by atoms with van der Waals surface area (Å²) in [6, 6.07) is 7.75. The standard InChI is InChI=1S/C16H14N2O4S/c1-16(12-6-7-23-10-12)8-14(19)17(15(16)20)9-11-2-4-13(5-3-11)18(21)22/h2-7,10H,8-9H2,1H3/t16-/m0/s1. The van der Waals surface area contributed by atoms with Gasteiger partial charge in [0.25, 0.3) is 5.69 Å². The fraction of sp³-hybridized carbons (Fsp3) is 0.250. The summed E-state index contributed by atoms with van der Waals surface area (Å²) in [7, 11) is 0. The molecule has 0 spiro atoms. The summed E-state index contributed by atoms with van der Waals surface area (Å²) >= 11 is 1.49. The largest absolute Gasteiger partial charge is 0.277 e. The summed E-state index contributed by atoms with van der Waals surface area (Å²) in [5, 5.41) is 14.4. The second-order valence-electron chi connectivity index (χ2n) is 5.73. The maximum Gasteiger partial charge on any atom is 0.269 e. The van der Waals surface area contributed by atoms with Crippen LogP contribution in [0.3, 0.4) is 0 Å². The molecule has 1 aromatic carbocycles. The van der Waals surface area contributed by atoms with Gasteiger partial charge in [0.05, 0.1) is 16.9 Å². The molecule has 0 saturated carbocycles. The molecule has 6 nitrogen and oxygen atoms in total. The van der Waals surface area contributed by atoms with E-state index in [9.17, 15) is 19.7 Å². The van der Waals surface area contributed by atoms with E-state index in [0.717, 1.165) is 5.56 Å². The molecule has 1 saturated heterocycles. The topological polar surface area (TPSA) is 80.5 Å². The smallest absolute Gasteiger partial charge is 0.269 e. The fourth-order valence-corrected chi connectivity index (χ4v) is 3.54. The van der Waals surface area contributed by atoms with E-state index in [0.29, 0.717) is 5.56 Å². The van der Waals surface area contributed by atoms with E-state index in [-0.39, 0.29) is 30.5 Å². The first kappa shape index (κ1) is 15.4. The first-order chi connectivity index (χ1) is 10.9. The highest BCUT2D eigenvalue weighted by molar-refractivity contribution is 7.08. The minimum Gasteiger partial charge on any atom is -0.277 e. The highest BCUT2D eigenvalue weighted by atomic mass is 32.1. The molecule has 2 heterocycles. The van der Waals surface area contributed by atoms with E-state index in [2.05, 4.69) is 0 Å². The molecular weight excluding hydrogens is 316 g/mol. The predicted molar refractivity (Wildman–Crippen MR) is 84.9 cm³/mol. The number of thiophene rings is 1. The lowest BCUT2D eigenvalue weighted by Crippen LogP contribution is -2.35. The molecule has 3 rings (SSSR count). The van der Waals surface area contributed by atoms with Crippen molar-refractivity contribution in [1.82, 2.24) is 4.90 Å². The van der Waals surface area contributed by atoms with Gasteiger partial charge in [-0.2, -0.15) is 11.3 Å². The van der Waals surface area contributed by atoms with Crippen LogP contribution in [0, 0.1) is 10.1 Å². The van der Waals surface area contributed by atoms with E-state index in [4.69, 9.17) is 0 Å². The minimum absolute atomic E-state index is 0.0177. The van der Waals surface area contributed by atoms with E-state index in [1.807, 2.05) is 16.8 Å². The zero-order valence-electron chi connectivity index (χ0n) is 12.4. The van der Waals surface area contributed by atoms with Crippen molar-refractivity contribution in [3.05, 3.63) is 62.3 Å². The maximum absolute atomic E-state index is 12.7. The van der Waals surface area contributed by atoms with Crippen LogP contribution in [-0.4, -0.2) is 21.6 Å². The van der Waals surface area contributed by atoms with Gasteiger partial charge >= 0.3 is 0 Å².